The Balaban J connectivity index is 1.37. The smallest absolute Gasteiger partial charge is 0.230 e. The molecule has 23 heavy (non-hydrogen) atoms. The first-order chi connectivity index (χ1) is 11.2. The summed E-state index contributed by atoms with van der Waals surface area (Å²) in [6, 6.07) is 3.47. The van der Waals surface area contributed by atoms with Crippen molar-refractivity contribution in [2.75, 3.05) is 24.2 Å². The van der Waals surface area contributed by atoms with Crippen LogP contribution >= 0.6 is 11.8 Å². The van der Waals surface area contributed by atoms with Crippen molar-refractivity contribution in [3.63, 3.8) is 0 Å². The molecule has 1 saturated carbocycles. The highest BCUT2D eigenvalue weighted by molar-refractivity contribution is 7.99. The van der Waals surface area contributed by atoms with E-state index in [4.69, 9.17) is 4.74 Å². The molecule has 8 heteroatoms. The SMILES string of the molecule is O=C(CSc1ccc(NC(=O)C2CC2)nn1)NC[C@H]1CCCO1. The summed E-state index contributed by atoms with van der Waals surface area (Å²) in [5, 5.41) is 14.2. The van der Waals surface area contributed by atoms with Gasteiger partial charge in [-0.2, -0.15) is 0 Å². The van der Waals surface area contributed by atoms with Gasteiger partial charge >= 0.3 is 0 Å². The number of hydrogen-bond acceptors (Lipinski definition) is 6. The van der Waals surface area contributed by atoms with E-state index in [0.29, 0.717) is 17.4 Å². The van der Waals surface area contributed by atoms with Crippen molar-refractivity contribution in [2.24, 2.45) is 5.92 Å². The lowest BCUT2D eigenvalue weighted by atomic mass is 10.2. The lowest BCUT2D eigenvalue weighted by Gasteiger charge is -2.10. The van der Waals surface area contributed by atoms with Crippen molar-refractivity contribution in [3.8, 4) is 0 Å². The van der Waals surface area contributed by atoms with E-state index in [0.717, 1.165) is 32.3 Å². The van der Waals surface area contributed by atoms with Gasteiger partial charge in [0.2, 0.25) is 11.8 Å². The van der Waals surface area contributed by atoms with Gasteiger partial charge < -0.3 is 15.4 Å². The minimum atomic E-state index is -0.0431. The molecule has 1 aliphatic heterocycles. The number of nitrogens with one attached hydrogen (secondary N) is 2. The van der Waals surface area contributed by atoms with Crippen LogP contribution in [0.1, 0.15) is 25.7 Å². The zero-order valence-electron chi connectivity index (χ0n) is 12.8. The largest absolute Gasteiger partial charge is 0.376 e. The van der Waals surface area contributed by atoms with Crippen LogP contribution in [0.25, 0.3) is 0 Å². The molecule has 0 aromatic carbocycles. The molecule has 1 saturated heterocycles. The highest BCUT2D eigenvalue weighted by Gasteiger charge is 2.29. The molecule has 124 valence electrons. The van der Waals surface area contributed by atoms with Gasteiger partial charge in [0.15, 0.2) is 5.82 Å². The zero-order chi connectivity index (χ0) is 16.1. The monoisotopic (exact) mass is 336 g/mol. The molecule has 2 fully saturated rings. The summed E-state index contributed by atoms with van der Waals surface area (Å²) < 4.78 is 5.45. The third kappa shape index (κ3) is 5.18. The summed E-state index contributed by atoms with van der Waals surface area (Å²) in [6.45, 7) is 1.35. The number of nitrogens with zero attached hydrogens (tertiary/aromatic N) is 2. The quantitative estimate of drug-likeness (QED) is 0.727. The molecule has 0 spiro atoms. The van der Waals surface area contributed by atoms with Gasteiger partial charge in [-0.1, -0.05) is 11.8 Å². The van der Waals surface area contributed by atoms with Gasteiger partial charge in [0.1, 0.15) is 5.03 Å². The molecule has 1 atom stereocenters. The fourth-order valence-electron chi connectivity index (χ4n) is 2.26. The number of carbonyl (C=O) groups is 2. The van der Waals surface area contributed by atoms with Crippen LogP contribution in [0.15, 0.2) is 17.2 Å². The molecule has 3 rings (SSSR count). The van der Waals surface area contributed by atoms with Crippen molar-refractivity contribution in [1.82, 2.24) is 15.5 Å². The van der Waals surface area contributed by atoms with Crippen LogP contribution in [-0.4, -0.2) is 47.0 Å². The molecule has 2 heterocycles. The highest BCUT2D eigenvalue weighted by Crippen LogP contribution is 2.29. The van der Waals surface area contributed by atoms with Crippen molar-refractivity contribution < 1.29 is 14.3 Å². The standard InChI is InChI=1S/C15H20N4O3S/c20-13(16-8-11-2-1-7-22-11)9-23-14-6-5-12(18-19-14)17-15(21)10-3-4-10/h5-6,10-11H,1-4,7-9H2,(H,16,20)(H,17,18,21)/t11-/m1/s1. The Morgan fingerprint density at radius 1 is 1.26 bits per heavy atom. The van der Waals surface area contributed by atoms with E-state index in [1.54, 1.807) is 12.1 Å². The molecular weight excluding hydrogens is 316 g/mol. The molecule has 2 aliphatic rings. The maximum atomic E-state index is 11.8. The van der Waals surface area contributed by atoms with Gasteiger partial charge in [-0.15, -0.1) is 10.2 Å². The van der Waals surface area contributed by atoms with E-state index >= 15 is 0 Å². The Morgan fingerprint density at radius 3 is 2.78 bits per heavy atom. The fraction of sp³-hybridized carbons (Fsp3) is 0.600. The van der Waals surface area contributed by atoms with Crippen LogP contribution in [0.2, 0.25) is 0 Å². The van der Waals surface area contributed by atoms with Gasteiger partial charge in [-0.05, 0) is 37.8 Å². The van der Waals surface area contributed by atoms with Gasteiger partial charge in [0, 0.05) is 19.1 Å². The Bertz CT molecular complexity index is 556. The molecule has 2 N–H and O–H groups in total. The first-order valence-electron chi connectivity index (χ1n) is 7.86. The van der Waals surface area contributed by atoms with Gasteiger partial charge in [0.25, 0.3) is 0 Å². The van der Waals surface area contributed by atoms with E-state index in [1.807, 2.05) is 0 Å². The zero-order valence-corrected chi connectivity index (χ0v) is 13.6. The number of anilines is 1. The molecule has 0 bridgehead atoms. The minimum Gasteiger partial charge on any atom is -0.376 e. The van der Waals surface area contributed by atoms with Crippen molar-refractivity contribution in [3.05, 3.63) is 12.1 Å². The molecule has 1 aliphatic carbocycles. The van der Waals surface area contributed by atoms with Crippen molar-refractivity contribution in [1.29, 1.82) is 0 Å². The topological polar surface area (TPSA) is 93.2 Å². The molecule has 7 nitrogen and oxygen atoms in total. The number of hydrogen-bond donors (Lipinski definition) is 2. The molecule has 0 radical (unpaired) electrons. The van der Waals surface area contributed by atoms with Gasteiger partial charge in [-0.3, -0.25) is 9.59 Å². The number of rotatable bonds is 7. The Kier molecular flexibility index (Phi) is 5.45. The van der Waals surface area contributed by atoms with E-state index in [2.05, 4.69) is 20.8 Å². The average Bonchev–Trinajstić information content (AvgIpc) is 3.29. The number of amides is 2. The second-order valence-corrected chi connectivity index (χ2v) is 6.74. The number of ether oxygens (including phenoxy) is 1. The second kappa shape index (κ2) is 7.74. The molecule has 1 aromatic heterocycles. The summed E-state index contributed by atoms with van der Waals surface area (Å²) in [4.78, 5) is 23.4. The first kappa shape index (κ1) is 16.2. The van der Waals surface area contributed by atoms with Gasteiger partial charge in [-0.25, -0.2) is 0 Å². The Hall–Kier alpha value is -1.67. The maximum absolute atomic E-state index is 11.8. The lowest BCUT2D eigenvalue weighted by Crippen LogP contribution is -2.32. The third-order valence-corrected chi connectivity index (χ3v) is 4.66. The maximum Gasteiger partial charge on any atom is 0.230 e. The minimum absolute atomic E-state index is 0.00760. The van der Waals surface area contributed by atoms with Crippen LogP contribution in [0.4, 0.5) is 5.82 Å². The van der Waals surface area contributed by atoms with Crippen LogP contribution < -0.4 is 10.6 Å². The third-order valence-electron chi connectivity index (χ3n) is 3.74. The van der Waals surface area contributed by atoms with E-state index < -0.39 is 0 Å². The van der Waals surface area contributed by atoms with Crippen molar-refractivity contribution >= 4 is 29.4 Å². The molecule has 1 aromatic rings. The van der Waals surface area contributed by atoms with Crippen LogP contribution in [0.3, 0.4) is 0 Å². The van der Waals surface area contributed by atoms with Crippen LogP contribution in [0, 0.1) is 5.92 Å². The fourth-order valence-corrected chi connectivity index (χ4v) is 2.90. The van der Waals surface area contributed by atoms with Gasteiger partial charge in [0.05, 0.1) is 11.9 Å². The predicted octanol–water partition coefficient (Wildman–Crippen LogP) is 1.21. The van der Waals surface area contributed by atoms with Crippen LogP contribution in [0.5, 0.6) is 0 Å². The normalized spacial score (nSPS) is 20.3. The van der Waals surface area contributed by atoms with E-state index in [9.17, 15) is 9.59 Å². The summed E-state index contributed by atoms with van der Waals surface area (Å²) in [5.74, 6) is 0.842. The summed E-state index contributed by atoms with van der Waals surface area (Å²) in [5.41, 5.74) is 0. The van der Waals surface area contributed by atoms with E-state index in [-0.39, 0.29) is 29.6 Å². The predicted molar refractivity (Wildman–Crippen MR) is 86.1 cm³/mol. The van der Waals surface area contributed by atoms with E-state index in [1.165, 1.54) is 11.8 Å². The molecule has 2 amide bonds. The Morgan fingerprint density at radius 2 is 2.13 bits per heavy atom. The number of carbonyl (C=O) groups excluding carboxylic acids is 2. The molecule has 0 unspecified atom stereocenters. The second-order valence-electron chi connectivity index (χ2n) is 5.75. The van der Waals surface area contributed by atoms with Crippen LogP contribution in [-0.2, 0) is 14.3 Å². The Labute approximate surface area is 139 Å². The lowest BCUT2D eigenvalue weighted by molar-refractivity contribution is -0.119. The summed E-state index contributed by atoms with van der Waals surface area (Å²) in [7, 11) is 0. The molecular formula is C15H20N4O3S. The summed E-state index contributed by atoms with van der Waals surface area (Å²) in [6.07, 6.45) is 4.13. The van der Waals surface area contributed by atoms with Crippen molar-refractivity contribution in [2.45, 2.75) is 36.8 Å². The first-order valence-corrected chi connectivity index (χ1v) is 8.85. The highest BCUT2D eigenvalue weighted by atomic mass is 32.2. The number of thioether (sulfide) groups is 1. The summed E-state index contributed by atoms with van der Waals surface area (Å²) >= 11 is 1.32. The average molecular weight is 336 g/mol. The number of aromatic nitrogens is 2.